The van der Waals surface area contributed by atoms with Crippen molar-refractivity contribution in [1.29, 1.82) is 0 Å². The molecule has 2 N–H and O–H groups in total. The second kappa shape index (κ2) is 5.12. The first-order chi connectivity index (χ1) is 8.08. The molecule has 4 heteroatoms. The zero-order valence-corrected chi connectivity index (χ0v) is 10.1. The number of aryl methyl sites for hydroxylation is 1. The third-order valence-electron chi connectivity index (χ3n) is 3.21. The molecule has 1 aromatic carbocycles. The average molecular weight is 239 g/mol. The van der Waals surface area contributed by atoms with E-state index in [1.807, 2.05) is 13.0 Å². The van der Waals surface area contributed by atoms with E-state index in [4.69, 9.17) is 4.74 Å². The molecule has 0 bridgehead atoms. The smallest absolute Gasteiger partial charge is 0.126 e. The number of rotatable bonds is 3. The fourth-order valence-corrected chi connectivity index (χ4v) is 2.00. The summed E-state index contributed by atoms with van der Waals surface area (Å²) in [6.45, 7) is 4.56. The largest absolute Gasteiger partial charge is 0.389 e. The molecule has 2 rings (SSSR count). The first-order valence-electron chi connectivity index (χ1n) is 5.86. The molecule has 0 saturated carbocycles. The Morgan fingerprint density at radius 1 is 1.47 bits per heavy atom. The van der Waals surface area contributed by atoms with Gasteiger partial charge in [-0.2, -0.15) is 0 Å². The highest BCUT2D eigenvalue weighted by molar-refractivity contribution is 5.25. The van der Waals surface area contributed by atoms with E-state index in [0.717, 1.165) is 5.56 Å². The van der Waals surface area contributed by atoms with Crippen LogP contribution in [-0.4, -0.2) is 30.5 Å². The minimum Gasteiger partial charge on any atom is -0.389 e. The highest BCUT2D eigenvalue weighted by Gasteiger charge is 2.27. The molecule has 3 atom stereocenters. The van der Waals surface area contributed by atoms with Crippen LogP contribution in [0, 0.1) is 12.7 Å². The summed E-state index contributed by atoms with van der Waals surface area (Å²) in [5, 5.41) is 12.9. The lowest BCUT2D eigenvalue weighted by Crippen LogP contribution is -2.40. The van der Waals surface area contributed by atoms with Gasteiger partial charge in [0.15, 0.2) is 0 Å². The number of benzene rings is 1. The van der Waals surface area contributed by atoms with Crippen molar-refractivity contribution >= 4 is 0 Å². The summed E-state index contributed by atoms with van der Waals surface area (Å²) in [7, 11) is 0. The third kappa shape index (κ3) is 2.83. The van der Waals surface area contributed by atoms with Gasteiger partial charge in [-0.1, -0.05) is 12.1 Å². The summed E-state index contributed by atoms with van der Waals surface area (Å²) in [5.74, 6) is -0.195. The van der Waals surface area contributed by atoms with E-state index in [0.29, 0.717) is 18.8 Å². The Labute approximate surface area is 101 Å². The first-order valence-corrected chi connectivity index (χ1v) is 5.86. The van der Waals surface area contributed by atoms with Crippen molar-refractivity contribution in [3.63, 3.8) is 0 Å². The molecule has 1 fully saturated rings. The maximum Gasteiger partial charge on any atom is 0.126 e. The lowest BCUT2D eigenvalue weighted by atomic mass is 10.0. The standard InChI is InChI=1S/C13H18FNO2/c1-8-3-4-10(5-11(8)14)9(2)15-12-6-17-7-13(12)16/h3-5,9,12-13,15-16H,6-7H2,1-2H3. The van der Waals surface area contributed by atoms with Gasteiger partial charge >= 0.3 is 0 Å². The van der Waals surface area contributed by atoms with Crippen LogP contribution in [0.3, 0.4) is 0 Å². The van der Waals surface area contributed by atoms with Crippen LogP contribution < -0.4 is 5.32 Å². The highest BCUT2D eigenvalue weighted by atomic mass is 19.1. The van der Waals surface area contributed by atoms with Gasteiger partial charge in [0.2, 0.25) is 0 Å². The summed E-state index contributed by atoms with van der Waals surface area (Å²) < 4.78 is 18.6. The minimum atomic E-state index is -0.479. The van der Waals surface area contributed by atoms with E-state index >= 15 is 0 Å². The molecule has 0 aromatic heterocycles. The van der Waals surface area contributed by atoms with E-state index in [1.165, 1.54) is 6.07 Å². The SMILES string of the molecule is Cc1ccc(C(C)NC2COCC2O)cc1F. The summed E-state index contributed by atoms with van der Waals surface area (Å²) in [6, 6.07) is 5.12. The molecule has 94 valence electrons. The maximum atomic E-state index is 13.4. The molecule has 0 aliphatic carbocycles. The number of nitrogens with one attached hydrogen (secondary N) is 1. The van der Waals surface area contributed by atoms with Gasteiger partial charge in [0.1, 0.15) is 5.82 Å². The number of aliphatic hydroxyl groups is 1. The van der Waals surface area contributed by atoms with Crippen molar-refractivity contribution in [2.75, 3.05) is 13.2 Å². The van der Waals surface area contributed by atoms with Crippen molar-refractivity contribution in [2.24, 2.45) is 0 Å². The van der Waals surface area contributed by atoms with Crippen LogP contribution in [0.2, 0.25) is 0 Å². The monoisotopic (exact) mass is 239 g/mol. The van der Waals surface area contributed by atoms with Crippen LogP contribution in [0.15, 0.2) is 18.2 Å². The second-order valence-electron chi connectivity index (χ2n) is 4.61. The Balaban J connectivity index is 2.03. The summed E-state index contributed by atoms with van der Waals surface area (Å²) in [6.07, 6.45) is -0.479. The zero-order chi connectivity index (χ0) is 12.4. The normalized spacial score (nSPS) is 26.1. The average Bonchev–Trinajstić information content (AvgIpc) is 2.68. The van der Waals surface area contributed by atoms with Gasteiger partial charge in [0.25, 0.3) is 0 Å². The molecule has 1 aromatic rings. The molecular weight excluding hydrogens is 221 g/mol. The summed E-state index contributed by atoms with van der Waals surface area (Å²) >= 11 is 0. The zero-order valence-electron chi connectivity index (χ0n) is 10.1. The van der Waals surface area contributed by atoms with Crippen LogP contribution in [0.25, 0.3) is 0 Å². The van der Waals surface area contributed by atoms with Gasteiger partial charge in [-0.15, -0.1) is 0 Å². The molecule has 17 heavy (non-hydrogen) atoms. The quantitative estimate of drug-likeness (QED) is 0.840. The maximum absolute atomic E-state index is 13.4. The topological polar surface area (TPSA) is 41.5 Å². The van der Waals surface area contributed by atoms with Crippen LogP contribution in [0.5, 0.6) is 0 Å². The van der Waals surface area contributed by atoms with Crippen LogP contribution >= 0.6 is 0 Å². The van der Waals surface area contributed by atoms with Crippen LogP contribution in [-0.2, 0) is 4.74 Å². The Morgan fingerprint density at radius 2 is 2.24 bits per heavy atom. The van der Waals surface area contributed by atoms with Gasteiger partial charge in [0.05, 0.1) is 25.4 Å². The highest BCUT2D eigenvalue weighted by Crippen LogP contribution is 2.18. The first kappa shape index (κ1) is 12.5. The molecule has 1 aliphatic rings. The molecule has 3 unspecified atom stereocenters. The Bertz CT molecular complexity index is 397. The molecule has 3 nitrogen and oxygen atoms in total. The van der Waals surface area contributed by atoms with Crippen LogP contribution in [0.1, 0.15) is 24.1 Å². The second-order valence-corrected chi connectivity index (χ2v) is 4.61. The summed E-state index contributed by atoms with van der Waals surface area (Å²) in [4.78, 5) is 0. The van der Waals surface area contributed by atoms with Crippen molar-refractivity contribution in [2.45, 2.75) is 32.0 Å². The van der Waals surface area contributed by atoms with Gasteiger partial charge in [0, 0.05) is 6.04 Å². The van der Waals surface area contributed by atoms with Gasteiger partial charge < -0.3 is 15.2 Å². The molecule has 1 heterocycles. The van der Waals surface area contributed by atoms with Gasteiger partial charge in [-0.05, 0) is 31.0 Å². The Morgan fingerprint density at radius 3 is 2.82 bits per heavy atom. The van der Waals surface area contributed by atoms with E-state index in [-0.39, 0.29) is 17.9 Å². The van der Waals surface area contributed by atoms with E-state index in [9.17, 15) is 9.50 Å². The van der Waals surface area contributed by atoms with Crippen LogP contribution in [0.4, 0.5) is 4.39 Å². The van der Waals surface area contributed by atoms with E-state index < -0.39 is 6.10 Å². The number of aliphatic hydroxyl groups excluding tert-OH is 1. The molecule has 0 spiro atoms. The predicted molar refractivity (Wildman–Crippen MR) is 63.3 cm³/mol. The number of hydrogen-bond donors (Lipinski definition) is 2. The molecule has 0 amide bonds. The third-order valence-corrected chi connectivity index (χ3v) is 3.21. The minimum absolute atomic E-state index is 0.00792. The van der Waals surface area contributed by atoms with Crippen molar-refractivity contribution < 1.29 is 14.2 Å². The molecule has 1 aliphatic heterocycles. The molecular formula is C13H18FNO2. The Kier molecular flexibility index (Phi) is 3.76. The lowest BCUT2D eigenvalue weighted by Gasteiger charge is -2.21. The van der Waals surface area contributed by atoms with Crippen molar-refractivity contribution in [1.82, 2.24) is 5.32 Å². The predicted octanol–water partition coefficient (Wildman–Crippen LogP) is 1.54. The fraction of sp³-hybridized carbons (Fsp3) is 0.538. The van der Waals surface area contributed by atoms with Gasteiger partial charge in [-0.3, -0.25) is 0 Å². The van der Waals surface area contributed by atoms with Gasteiger partial charge in [-0.25, -0.2) is 4.39 Å². The molecule has 0 radical (unpaired) electrons. The number of hydrogen-bond acceptors (Lipinski definition) is 3. The summed E-state index contributed by atoms with van der Waals surface area (Å²) in [5.41, 5.74) is 1.53. The number of halogens is 1. The van der Waals surface area contributed by atoms with E-state index in [2.05, 4.69) is 5.32 Å². The number of ether oxygens (including phenoxy) is 1. The molecule has 1 saturated heterocycles. The van der Waals surface area contributed by atoms with E-state index in [1.54, 1.807) is 13.0 Å². The Hall–Kier alpha value is -0.970. The fourth-order valence-electron chi connectivity index (χ4n) is 2.00. The van der Waals surface area contributed by atoms with Crippen molar-refractivity contribution in [3.8, 4) is 0 Å². The lowest BCUT2D eigenvalue weighted by molar-refractivity contribution is 0.121. The van der Waals surface area contributed by atoms with Crippen molar-refractivity contribution in [3.05, 3.63) is 35.1 Å².